The SMILES string of the molecule is CCCCC[SiH](Cl)c1ccccc1. The van der Waals surface area contributed by atoms with Crippen LogP contribution in [-0.2, 0) is 0 Å². The van der Waals surface area contributed by atoms with Crippen LogP contribution in [0.1, 0.15) is 26.2 Å². The molecular weight excluding hydrogens is 196 g/mol. The van der Waals surface area contributed by atoms with E-state index >= 15 is 0 Å². The fourth-order valence-electron chi connectivity index (χ4n) is 1.40. The zero-order valence-electron chi connectivity index (χ0n) is 8.17. The number of halogens is 1. The molecule has 1 rings (SSSR count). The Kier molecular flexibility index (Phi) is 5.17. The van der Waals surface area contributed by atoms with E-state index in [0.29, 0.717) is 0 Å². The highest BCUT2D eigenvalue weighted by molar-refractivity contribution is 7.14. The monoisotopic (exact) mass is 212 g/mol. The highest BCUT2D eigenvalue weighted by Crippen LogP contribution is 2.07. The summed E-state index contributed by atoms with van der Waals surface area (Å²) in [4.78, 5) is 0. The maximum Gasteiger partial charge on any atom is 0.171 e. The lowest BCUT2D eigenvalue weighted by Gasteiger charge is -2.06. The maximum atomic E-state index is 6.38. The summed E-state index contributed by atoms with van der Waals surface area (Å²) < 4.78 is 0. The van der Waals surface area contributed by atoms with Crippen molar-refractivity contribution in [2.24, 2.45) is 0 Å². The molecule has 1 aromatic rings. The molecule has 0 heterocycles. The highest BCUT2D eigenvalue weighted by Gasteiger charge is 2.08. The van der Waals surface area contributed by atoms with E-state index in [4.69, 9.17) is 11.1 Å². The van der Waals surface area contributed by atoms with E-state index < -0.39 is 8.11 Å². The fraction of sp³-hybridized carbons (Fsp3) is 0.455. The topological polar surface area (TPSA) is 0 Å². The smallest absolute Gasteiger partial charge is 0.166 e. The van der Waals surface area contributed by atoms with Crippen molar-refractivity contribution in [1.29, 1.82) is 0 Å². The minimum Gasteiger partial charge on any atom is -0.166 e. The molecule has 0 nitrogen and oxygen atoms in total. The van der Waals surface area contributed by atoms with Gasteiger partial charge in [0, 0.05) is 0 Å². The first-order valence-electron chi connectivity index (χ1n) is 5.03. The molecule has 0 saturated carbocycles. The molecule has 1 atom stereocenters. The van der Waals surface area contributed by atoms with Crippen LogP contribution in [0.25, 0.3) is 0 Å². The Morgan fingerprint density at radius 1 is 1.15 bits per heavy atom. The molecule has 0 aliphatic carbocycles. The number of rotatable bonds is 5. The Hall–Kier alpha value is -0.273. The maximum absolute atomic E-state index is 6.38. The molecule has 72 valence electrons. The van der Waals surface area contributed by atoms with E-state index in [9.17, 15) is 0 Å². The summed E-state index contributed by atoms with van der Waals surface area (Å²) in [5.41, 5.74) is 0. The van der Waals surface area contributed by atoms with Crippen molar-refractivity contribution in [3.63, 3.8) is 0 Å². The Balaban J connectivity index is 2.35. The lowest BCUT2D eigenvalue weighted by molar-refractivity contribution is 0.769. The first kappa shape index (κ1) is 10.8. The van der Waals surface area contributed by atoms with Crippen molar-refractivity contribution in [2.45, 2.75) is 32.2 Å². The summed E-state index contributed by atoms with van der Waals surface area (Å²) in [6, 6.07) is 11.8. The van der Waals surface area contributed by atoms with Gasteiger partial charge in [-0.1, -0.05) is 56.5 Å². The Labute approximate surface area is 87.2 Å². The zero-order chi connectivity index (χ0) is 9.52. The van der Waals surface area contributed by atoms with Gasteiger partial charge >= 0.3 is 0 Å². The predicted octanol–water partition coefficient (Wildman–Crippen LogP) is 3.05. The van der Waals surface area contributed by atoms with Gasteiger partial charge in [0.15, 0.2) is 8.11 Å². The summed E-state index contributed by atoms with van der Waals surface area (Å²) >= 11 is 6.38. The third-order valence-corrected chi connectivity index (χ3v) is 5.66. The Morgan fingerprint density at radius 3 is 2.46 bits per heavy atom. The molecule has 0 aliphatic rings. The first-order valence-corrected chi connectivity index (χ1v) is 8.17. The van der Waals surface area contributed by atoms with E-state index in [1.54, 1.807) is 0 Å². The van der Waals surface area contributed by atoms with E-state index in [0.717, 1.165) is 0 Å². The minimum atomic E-state index is -1.12. The molecule has 1 aromatic carbocycles. The van der Waals surface area contributed by atoms with Gasteiger partial charge in [-0.05, 0) is 11.2 Å². The summed E-state index contributed by atoms with van der Waals surface area (Å²) in [5.74, 6) is 0. The van der Waals surface area contributed by atoms with Crippen LogP contribution >= 0.6 is 11.1 Å². The lowest BCUT2D eigenvalue weighted by atomic mass is 10.3. The van der Waals surface area contributed by atoms with Gasteiger partial charge in [-0.3, -0.25) is 0 Å². The molecule has 0 amide bonds. The molecular formula is C11H17ClSi. The third kappa shape index (κ3) is 3.97. The highest BCUT2D eigenvalue weighted by atomic mass is 35.6. The second-order valence-corrected chi connectivity index (χ2v) is 7.13. The van der Waals surface area contributed by atoms with Crippen molar-refractivity contribution in [1.82, 2.24) is 0 Å². The molecule has 1 unspecified atom stereocenters. The molecule has 0 fully saturated rings. The summed E-state index contributed by atoms with van der Waals surface area (Å²) in [7, 11) is -1.12. The zero-order valence-corrected chi connectivity index (χ0v) is 10.1. The van der Waals surface area contributed by atoms with Gasteiger partial charge in [-0.15, -0.1) is 0 Å². The van der Waals surface area contributed by atoms with Crippen LogP contribution in [0.3, 0.4) is 0 Å². The van der Waals surface area contributed by atoms with Crippen LogP contribution < -0.4 is 5.19 Å². The van der Waals surface area contributed by atoms with Crippen molar-refractivity contribution in [3.05, 3.63) is 30.3 Å². The summed E-state index contributed by atoms with van der Waals surface area (Å²) in [6.45, 7) is 2.23. The molecule has 0 radical (unpaired) electrons. The number of benzene rings is 1. The van der Waals surface area contributed by atoms with E-state index in [-0.39, 0.29) is 0 Å². The van der Waals surface area contributed by atoms with E-state index in [2.05, 4.69) is 31.2 Å². The van der Waals surface area contributed by atoms with Gasteiger partial charge in [-0.25, -0.2) is 0 Å². The largest absolute Gasteiger partial charge is 0.171 e. The Bertz CT molecular complexity index is 223. The van der Waals surface area contributed by atoms with Gasteiger partial charge in [0.25, 0.3) is 0 Å². The van der Waals surface area contributed by atoms with Crippen LogP contribution in [0.15, 0.2) is 30.3 Å². The fourth-order valence-corrected chi connectivity index (χ4v) is 3.92. The van der Waals surface area contributed by atoms with Crippen LogP contribution in [0.5, 0.6) is 0 Å². The molecule has 2 heteroatoms. The lowest BCUT2D eigenvalue weighted by Crippen LogP contribution is -2.23. The van der Waals surface area contributed by atoms with Crippen LogP contribution in [0.4, 0.5) is 0 Å². The third-order valence-electron chi connectivity index (χ3n) is 2.22. The second-order valence-electron chi connectivity index (χ2n) is 3.37. The van der Waals surface area contributed by atoms with Gasteiger partial charge < -0.3 is 0 Å². The van der Waals surface area contributed by atoms with Crippen molar-refractivity contribution < 1.29 is 0 Å². The normalized spacial score (nSPS) is 12.8. The molecule has 0 bridgehead atoms. The molecule has 0 spiro atoms. The molecule has 0 saturated heterocycles. The van der Waals surface area contributed by atoms with Crippen LogP contribution in [0, 0.1) is 0 Å². The molecule has 0 N–H and O–H groups in total. The van der Waals surface area contributed by atoms with Gasteiger partial charge in [0.2, 0.25) is 0 Å². The molecule has 0 aromatic heterocycles. The number of hydrogen-bond donors (Lipinski definition) is 0. The second kappa shape index (κ2) is 6.22. The summed E-state index contributed by atoms with van der Waals surface area (Å²) in [5, 5.41) is 1.39. The minimum absolute atomic E-state index is 1.12. The summed E-state index contributed by atoms with van der Waals surface area (Å²) in [6.07, 6.45) is 3.90. The Morgan fingerprint density at radius 2 is 1.85 bits per heavy atom. The number of unbranched alkanes of at least 4 members (excludes halogenated alkanes) is 2. The van der Waals surface area contributed by atoms with Gasteiger partial charge in [0.1, 0.15) is 0 Å². The molecule has 0 aliphatic heterocycles. The molecule has 13 heavy (non-hydrogen) atoms. The quantitative estimate of drug-likeness (QED) is 0.400. The van der Waals surface area contributed by atoms with E-state index in [1.165, 1.54) is 30.5 Å². The van der Waals surface area contributed by atoms with Gasteiger partial charge in [0.05, 0.1) is 0 Å². The first-order chi connectivity index (χ1) is 6.34. The average molecular weight is 213 g/mol. The van der Waals surface area contributed by atoms with Crippen molar-refractivity contribution >= 4 is 24.4 Å². The average Bonchev–Trinajstić information content (AvgIpc) is 2.19. The van der Waals surface area contributed by atoms with E-state index in [1.807, 2.05) is 6.07 Å². The standard InChI is InChI=1S/C11H17ClSi/c1-2-3-7-10-13(12)11-8-5-4-6-9-11/h4-6,8-9,13H,2-3,7,10H2,1H3. The van der Waals surface area contributed by atoms with Crippen LogP contribution in [-0.4, -0.2) is 8.11 Å². The van der Waals surface area contributed by atoms with Crippen molar-refractivity contribution in [2.75, 3.05) is 0 Å². The van der Waals surface area contributed by atoms with Gasteiger partial charge in [-0.2, -0.15) is 11.1 Å². The van der Waals surface area contributed by atoms with Crippen LogP contribution in [0.2, 0.25) is 6.04 Å². The number of hydrogen-bond acceptors (Lipinski definition) is 0. The predicted molar refractivity (Wildman–Crippen MR) is 63.4 cm³/mol. The van der Waals surface area contributed by atoms with Crippen molar-refractivity contribution in [3.8, 4) is 0 Å².